The Balaban J connectivity index is 2.57. The molecule has 0 amide bonds. The molecule has 0 aliphatic rings. The molecule has 0 saturated heterocycles. The molecule has 0 aromatic heterocycles. The molecule has 0 heterocycles. The minimum Gasteiger partial charge on any atom is -0.299 e. The van der Waals surface area contributed by atoms with Crippen LogP contribution >= 0.6 is 0 Å². The van der Waals surface area contributed by atoms with Gasteiger partial charge in [-0.15, -0.1) is 0 Å². The second-order valence-corrected chi connectivity index (χ2v) is 4.24. The van der Waals surface area contributed by atoms with E-state index in [9.17, 15) is 4.79 Å². The molecule has 0 radical (unpaired) electrons. The number of unbranched alkanes of at least 4 members (excludes halogenated alkanes) is 1. The Kier molecular flexibility index (Phi) is 4.54. The van der Waals surface area contributed by atoms with Crippen LogP contribution in [0.5, 0.6) is 0 Å². The van der Waals surface area contributed by atoms with E-state index in [1.54, 1.807) is 0 Å². The molecule has 15 heavy (non-hydrogen) atoms. The molecule has 0 fully saturated rings. The SMILES string of the molecule is CCCCC(=O)Cc1ccc(C)c(C)c1. The van der Waals surface area contributed by atoms with E-state index in [0.717, 1.165) is 24.8 Å². The molecule has 1 aromatic carbocycles. The lowest BCUT2D eigenvalue weighted by Gasteiger charge is -2.04. The summed E-state index contributed by atoms with van der Waals surface area (Å²) in [6, 6.07) is 6.28. The van der Waals surface area contributed by atoms with Crippen molar-refractivity contribution in [1.82, 2.24) is 0 Å². The Bertz CT molecular complexity index is 339. The Morgan fingerprint density at radius 3 is 2.53 bits per heavy atom. The maximum absolute atomic E-state index is 11.6. The van der Waals surface area contributed by atoms with E-state index < -0.39 is 0 Å². The first-order valence-electron chi connectivity index (χ1n) is 5.71. The molecule has 0 unspecified atom stereocenters. The lowest BCUT2D eigenvalue weighted by atomic mass is 10.0. The van der Waals surface area contributed by atoms with Gasteiger partial charge in [0, 0.05) is 12.8 Å². The largest absolute Gasteiger partial charge is 0.299 e. The molecule has 0 bridgehead atoms. The number of ketones is 1. The normalized spacial score (nSPS) is 10.3. The molecule has 1 heteroatoms. The second-order valence-electron chi connectivity index (χ2n) is 4.24. The second kappa shape index (κ2) is 5.69. The Labute approximate surface area is 92.5 Å². The van der Waals surface area contributed by atoms with Crippen LogP contribution in [0.4, 0.5) is 0 Å². The van der Waals surface area contributed by atoms with Crippen molar-refractivity contribution >= 4 is 5.78 Å². The smallest absolute Gasteiger partial charge is 0.137 e. The number of carbonyl (C=O) groups is 1. The highest BCUT2D eigenvalue weighted by atomic mass is 16.1. The van der Waals surface area contributed by atoms with Gasteiger partial charge in [0.25, 0.3) is 0 Å². The topological polar surface area (TPSA) is 17.1 Å². The molecule has 1 rings (SSSR count). The number of carbonyl (C=O) groups excluding carboxylic acids is 1. The number of aryl methyl sites for hydroxylation is 2. The summed E-state index contributed by atoms with van der Waals surface area (Å²) in [5.74, 6) is 0.361. The zero-order chi connectivity index (χ0) is 11.3. The molecule has 0 aliphatic heterocycles. The highest BCUT2D eigenvalue weighted by Crippen LogP contribution is 2.11. The van der Waals surface area contributed by atoms with Gasteiger partial charge in [0.1, 0.15) is 5.78 Å². The summed E-state index contributed by atoms with van der Waals surface area (Å²) in [7, 11) is 0. The van der Waals surface area contributed by atoms with Crippen molar-refractivity contribution in [2.24, 2.45) is 0 Å². The number of hydrogen-bond acceptors (Lipinski definition) is 1. The average Bonchev–Trinajstić information content (AvgIpc) is 2.20. The Hall–Kier alpha value is -1.11. The van der Waals surface area contributed by atoms with E-state index in [4.69, 9.17) is 0 Å². The van der Waals surface area contributed by atoms with E-state index in [0.29, 0.717) is 12.2 Å². The maximum atomic E-state index is 11.6. The van der Waals surface area contributed by atoms with E-state index in [-0.39, 0.29) is 0 Å². The molecule has 0 saturated carbocycles. The molecule has 0 spiro atoms. The summed E-state index contributed by atoms with van der Waals surface area (Å²) in [6.07, 6.45) is 3.44. The summed E-state index contributed by atoms with van der Waals surface area (Å²) >= 11 is 0. The number of benzene rings is 1. The van der Waals surface area contributed by atoms with Crippen molar-refractivity contribution < 1.29 is 4.79 Å². The highest BCUT2D eigenvalue weighted by Gasteiger charge is 2.03. The van der Waals surface area contributed by atoms with Gasteiger partial charge in [-0.2, -0.15) is 0 Å². The Morgan fingerprint density at radius 1 is 1.20 bits per heavy atom. The van der Waals surface area contributed by atoms with Crippen molar-refractivity contribution in [2.45, 2.75) is 46.5 Å². The lowest BCUT2D eigenvalue weighted by molar-refractivity contribution is -0.118. The van der Waals surface area contributed by atoms with Gasteiger partial charge in [-0.3, -0.25) is 4.79 Å². The third-order valence-corrected chi connectivity index (χ3v) is 2.78. The third kappa shape index (κ3) is 3.86. The number of hydrogen-bond donors (Lipinski definition) is 0. The van der Waals surface area contributed by atoms with E-state index in [2.05, 4.69) is 39.0 Å². The van der Waals surface area contributed by atoms with Crippen LogP contribution in [0.2, 0.25) is 0 Å². The van der Waals surface area contributed by atoms with Crippen molar-refractivity contribution in [3.8, 4) is 0 Å². The van der Waals surface area contributed by atoms with Gasteiger partial charge in [-0.25, -0.2) is 0 Å². The quantitative estimate of drug-likeness (QED) is 0.716. The number of rotatable bonds is 5. The third-order valence-electron chi connectivity index (χ3n) is 2.78. The van der Waals surface area contributed by atoms with Crippen LogP contribution in [0.1, 0.15) is 42.9 Å². The standard InChI is InChI=1S/C14H20O/c1-4-5-6-14(15)10-13-8-7-11(2)12(3)9-13/h7-9H,4-6,10H2,1-3H3. The molecule has 1 nitrogen and oxygen atoms in total. The summed E-state index contributed by atoms with van der Waals surface area (Å²) in [4.78, 5) is 11.6. The van der Waals surface area contributed by atoms with Gasteiger partial charge >= 0.3 is 0 Å². The van der Waals surface area contributed by atoms with E-state index in [1.807, 2.05) is 0 Å². The van der Waals surface area contributed by atoms with Gasteiger partial charge in [-0.1, -0.05) is 31.5 Å². The number of Topliss-reactive ketones (excluding diaryl/α,β-unsaturated/α-hetero) is 1. The van der Waals surface area contributed by atoms with Gasteiger partial charge in [-0.05, 0) is 37.0 Å². The van der Waals surface area contributed by atoms with E-state index >= 15 is 0 Å². The highest BCUT2D eigenvalue weighted by molar-refractivity contribution is 5.80. The van der Waals surface area contributed by atoms with Crippen LogP contribution in [0.15, 0.2) is 18.2 Å². The molecule has 0 N–H and O–H groups in total. The van der Waals surface area contributed by atoms with E-state index in [1.165, 1.54) is 11.1 Å². The summed E-state index contributed by atoms with van der Waals surface area (Å²) in [5, 5.41) is 0. The van der Waals surface area contributed by atoms with Gasteiger partial charge in [0.05, 0.1) is 0 Å². The average molecular weight is 204 g/mol. The molecule has 0 atom stereocenters. The lowest BCUT2D eigenvalue weighted by Crippen LogP contribution is -2.02. The zero-order valence-electron chi connectivity index (χ0n) is 9.97. The summed E-state index contributed by atoms with van der Waals surface area (Å²) in [6.45, 7) is 6.30. The van der Waals surface area contributed by atoms with Crippen molar-refractivity contribution in [2.75, 3.05) is 0 Å². The molecule has 0 aliphatic carbocycles. The monoisotopic (exact) mass is 204 g/mol. The predicted molar refractivity (Wildman–Crippen MR) is 64.2 cm³/mol. The summed E-state index contributed by atoms with van der Waals surface area (Å²) in [5.41, 5.74) is 3.72. The van der Waals surface area contributed by atoms with Crippen LogP contribution in [-0.4, -0.2) is 5.78 Å². The fraction of sp³-hybridized carbons (Fsp3) is 0.500. The van der Waals surface area contributed by atoms with Crippen molar-refractivity contribution in [1.29, 1.82) is 0 Å². The van der Waals surface area contributed by atoms with Crippen molar-refractivity contribution in [3.05, 3.63) is 34.9 Å². The molecule has 1 aromatic rings. The van der Waals surface area contributed by atoms with Crippen molar-refractivity contribution in [3.63, 3.8) is 0 Å². The summed E-state index contributed by atoms with van der Waals surface area (Å²) < 4.78 is 0. The Morgan fingerprint density at radius 2 is 1.93 bits per heavy atom. The maximum Gasteiger partial charge on any atom is 0.137 e. The minimum atomic E-state index is 0.361. The zero-order valence-corrected chi connectivity index (χ0v) is 9.97. The predicted octanol–water partition coefficient (Wildman–Crippen LogP) is 3.61. The van der Waals surface area contributed by atoms with Crippen LogP contribution in [0.25, 0.3) is 0 Å². The fourth-order valence-corrected chi connectivity index (χ4v) is 1.60. The van der Waals surface area contributed by atoms with Crippen LogP contribution in [0.3, 0.4) is 0 Å². The van der Waals surface area contributed by atoms with Crippen LogP contribution in [0, 0.1) is 13.8 Å². The first kappa shape index (κ1) is 12.0. The first-order valence-corrected chi connectivity index (χ1v) is 5.71. The first-order chi connectivity index (χ1) is 7.13. The molecular weight excluding hydrogens is 184 g/mol. The molecular formula is C14H20O. The van der Waals surface area contributed by atoms with Crippen LogP contribution in [-0.2, 0) is 11.2 Å². The molecule has 82 valence electrons. The van der Waals surface area contributed by atoms with Gasteiger partial charge in [0.2, 0.25) is 0 Å². The van der Waals surface area contributed by atoms with Gasteiger partial charge < -0.3 is 0 Å². The van der Waals surface area contributed by atoms with Crippen LogP contribution < -0.4 is 0 Å². The van der Waals surface area contributed by atoms with Gasteiger partial charge in [0.15, 0.2) is 0 Å². The minimum absolute atomic E-state index is 0.361. The fourth-order valence-electron chi connectivity index (χ4n) is 1.60.